The van der Waals surface area contributed by atoms with E-state index in [9.17, 15) is 18.0 Å². The highest BCUT2D eigenvalue weighted by Gasteiger charge is 2.30. The molecule has 0 saturated heterocycles. The fourth-order valence-corrected chi connectivity index (χ4v) is 2.28. The molecular weight excluding hydrogens is 337 g/mol. The second-order valence-electron chi connectivity index (χ2n) is 5.01. The topological polar surface area (TPSA) is 80.8 Å². The van der Waals surface area contributed by atoms with Gasteiger partial charge in [-0.2, -0.15) is 9.94 Å². The first-order chi connectivity index (χ1) is 11.9. The summed E-state index contributed by atoms with van der Waals surface area (Å²) in [4.78, 5) is 12.3. The largest absolute Gasteiger partial charge is 0.573 e. The predicted molar refractivity (Wildman–Crippen MR) is 81.5 cm³/mol. The Labute approximate surface area is 138 Å². The van der Waals surface area contributed by atoms with Crippen LogP contribution in [0.3, 0.4) is 0 Å². The monoisotopic (exact) mass is 346 g/mol. The van der Waals surface area contributed by atoms with Crippen molar-refractivity contribution in [2.45, 2.75) is 12.9 Å². The van der Waals surface area contributed by atoms with Gasteiger partial charge >= 0.3 is 6.36 Å². The molecule has 0 aliphatic heterocycles. The van der Waals surface area contributed by atoms with Crippen LogP contribution in [0.4, 0.5) is 13.2 Å². The molecule has 9 heteroatoms. The zero-order valence-electron chi connectivity index (χ0n) is 12.5. The minimum atomic E-state index is -4.75. The number of aromatic nitrogens is 3. The van der Waals surface area contributed by atoms with Crippen LogP contribution in [0, 0.1) is 11.3 Å². The highest BCUT2D eigenvalue weighted by molar-refractivity contribution is 5.83. The van der Waals surface area contributed by atoms with Crippen molar-refractivity contribution in [3.63, 3.8) is 0 Å². The second kappa shape index (κ2) is 6.24. The van der Waals surface area contributed by atoms with E-state index in [0.29, 0.717) is 16.6 Å². The average molecular weight is 346 g/mol. The van der Waals surface area contributed by atoms with Crippen molar-refractivity contribution in [3.05, 3.63) is 52.8 Å². The van der Waals surface area contributed by atoms with Gasteiger partial charge in [0.1, 0.15) is 17.8 Å². The van der Waals surface area contributed by atoms with Gasteiger partial charge in [-0.05, 0) is 35.4 Å². The lowest BCUT2D eigenvalue weighted by atomic mass is 10.0. The standard InChI is InChI=1S/C16H9F3N4O2/c17-16(18,19)25-12-4-1-10(2-5-12)11-3-6-14-13(9-11)15(24)23(8-7-20)22-21-14/h1-6,9H,8H2. The number of hydrogen-bond donors (Lipinski definition) is 0. The van der Waals surface area contributed by atoms with Crippen LogP contribution in [0.1, 0.15) is 0 Å². The van der Waals surface area contributed by atoms with Crippen LogP contribution in [-0.4, -0.2) is 21.4 Å². The highest BCUT2D eigenvalue weighted by Crippen LogP contribution is 2.27. The van der Waals surface area contributed by atoms with Crippen LogP contribution >= 0.6 is 0 Å². The summed E-state index contributed by atoms with van der Waals surface area (Å²) in [5.74, 6) is -0.334. The van der Waals surface area contributed by atoms with Gasteiger partial charge in [0.2, 0.25) is 0 Å². The molecule has 126 valence electrons. The van der Waals surface area contributed by atoms with Gasteiger partial charge in [-0.25, -0.2) is 0 Å². The van der Waals surface area contributed by atoms with Crippen molar-refractivity contribution in [3.8, 4) is 22.9 Å². The Balaban J connectivity index is 2.00. The van der Waals surface area contributed by atoms with E-state index in [1.807, 2.05) is 6.07 Å². The normalized spacial score (nSPS) is 11.3. The van der Waals surface area contributed by atoms with Gasteiger partial charge in [0, 0.05) is 0 Å². The third-order valence-corrected chi connectivity index (χ3v) is 3.36. The molecule has 0 spiro atoms. The molecule has 0 radical (unpaired) electrons. The van der Waals surface area contributed by atoms with Crippen molar-refractivity contribution in [1.82, 2.24) is 15.0 Å². The van der Waals surface area contributed by atoms with Crippen LogP contribution in [0.25, 0.3) is 22.0 Å². The Bertz CT molecular complexity index is 1020. The lowest BCUT2D eigenvalue weighted by Crippen LogP contribution is -2.23. The number of nitriles is 1. The van der Waals surface area contributed by atoms with Crippen molar-refractivity contribution >= 4 is 10.9 Å². The molecule has 0 aliphatic carbocycles. The second-order valence-corrected chi connectivity index (χ2v) is 5.01. The molecule has 1 heterocycles. The van der Waals surface area contributed by atoms with E-state index >= 15 is 0 Å². The van der Waals surface area contributed by atoms with E-state index in [0.717, 1.165) is 4.68 Å². The predicted octanol–water partition coefficient (Wildman–Crippen LogP) is 2.88. The Morgan fingerprint density at radius 1 is 1.12 bits per heavy atom. The summed E-state index contributed by atoms with van der Waals surface area (Å²) in [6.45, 7) is -0.227. The van der Waals surface area contributed by atoms with Crippen LogP contribution in [0.5, 0.6) is 5.75 Å². The Morgan fingerprint density at radius 2 is 1.80 bits per heavy atom. The fraction of sp³-hybridized carbons (Fsp3) is 0.125. The van der Waals surface area contributed by atoms with Crippen LogP contribution in [-0.2, 0) is 6.54 Å². The number of fused-ring (bicyclic) bond motifs is 1. The highest BCUT2D eigenvalue weighted by atomic mass is 19.4. The average Bonchev–Trinajstić information content (AvgIpc) is 2.57. The minimum absolute atomic E-state index is 0.227. The number of nitrogens with zero attached hydrogens (tertiary/aromatic N) is 4. The Hall–Kier alpha value is -3.41. The van der Waals surface area contributed by atoms with E-state index in [1.165, 1.54) is 24.3 Å². The van der Waals surface area contributed by atoms with Gasteiger partial charge in [0.05, 0.1) is 11.5 Å². The molecule has 1 aromatic heterocycles. The van der Waals surface area contributed by atoms with Gasteiger partial charge < -0.3 is 4.74 Å². The maximum Gasteiger partial charge on any atom is 0.573 e. The maximum absolute atomic E-state index is 12.3. The van der Waals surface area contributed by atoms with E-state index < -0.39 is 11.9 Å². The molecule has 0 atom stereocenters. The quantitative estimate of drug-likeness (QED) is 0.728. The van der Waals surface area contributed by atoms with Gasteiger partial charge in [-0.15, -0.1) is 18.3 Å². The van der Waals surface area contributed by atoms with Gasteiger partial charge in [0.15, 0.2) is 0 Å². The molecule has 2 aromatic carbocycles. The molecule has 3 aromatic rings. The van der Waals surface area contributed by atoms with E-state index in [4.69, 9.17) is 5.26 Å². The summed E-state index contributed by atoms with van der Waals surface area (Å²) < 4.78 is 41.3. The number of ether oxygens (including phenoxy) is 1. The molecule has 6 nitrogen and oxygen atoms in total. The van der Waals surface area contributed by atoms with Crippen LogP contribution < -0.4 is 10.3 Å². The van der Waals surface area contributed by atoms with Crippen LogP contribution in [0.15, 0.2) is 47.3 Å². The summed E-state index contributed by atoms with van der Waals surface area (Å²) in [7, 11) is 0. The molecule has 0 fully saturated rings. The van der Waals surface area contributed by atoms with E-state index in [-0.39, 0.29) is 17.7 Å². The lowest BCUT2D eigenvalue weighted by Gasteiger charge is -2.09. The van der Waals surface area contributed by atoms with Crippen molar-refractivity contribution < 1.29 is 17.9 Å². The first kappa shape index (κ1) is 16.4. The summed E-state index contributed by atoms with van der Waals surface area (Å²) in [6.07, 6.45) is -4.75. The molecule has 25 heavy (non-hydrogen) atoms. The molecule has 0 amide bonds. The fourth-order valence-electron chi connectivity index (χ4n) is 2.28. The molecule has 0 unspecified atom stereocenters. The van der Waals surface area contributed by atoms with Crippen molar-refractivity contribution in [1.29, 1.82) is 5.26 Å². The first-order valence-electron chi connectivity index (χ1n) is 6.98. The van der Waals surface area contributed by atoms with Crippen LogP contribution in [0.2, 0.25) is 0 Å². The van der Waals surface area contributed by atoms with E-state index in [2.05, 4.69) is 15.0 Å². The van der Waals surface area contributed by atoms with Gasteiger partial charge in [0.25, 0.3) is 5.56 Å². The zero-order valence-corrected chi connectivity index (χ0v) is 12.5. The molecule has 0 N–H and O–H groups in total. The maximum atomic E-state index is 12.3. The number of rotatable bonds is 3. The van der Waals surface area contributed by atoms with Gasteiger partial charge in [-0.3, -0.25) is 4.79 Å². The summed E-state index contributed by atoms with van der Waals surface area (Å²) in [5.41, 5.74) is 1.10. The van der Waals surface area contributed by atoms with Gasteiger partial charge in [-0.1, -0.05) is 23.4 Å². The summed E-state index contributed by atoms with van der Waals surface area (Å²) in [6, 6.07) is 11.9. The van der Waals surface area contributed by atoms with Crippen molar-refractivity contribution in [2.24, 2.45) is 0 Å². The third-order valence-electron chi connectivity index (χ3n) is 3.36. The summed E-state index contributed by atoms with van der Waals surface area (Å²) in [5, 5.41) is 16.5. The molecule has 3 rings (SSSR count). The molecule has 0 aliphatic rings. The molecule has 0 bridgehead atoms. The third kappa shape index (κ3) is 3.58. The minimum Gasteiger partial charge on any atom is -0.406 e. The van der Waals surface area contributed by atoms with E-state index in [1.54, 1.807) is 18.2 Å². The molecular formula is C16H9F3N4O2. The van der Waals surface area contributed by atoms with Crippen molar-refractivity contribution in [2.75, 3.05) is 0 Å². The first-order valence-corrected chi connectivity index (χ1v) is 6.98. The lowest BCUT2D eigenvalue weighted by molar-refractivity contribution is -0.274. The number of alkyl halides is 3. The molecule has 0 saturated carbocycles. The summed E-state index contributed by atoms with van der Waals surface area (Å²) >= 11 is 0. The Kier molecular flexibility index (Phi) is 4.10. The smallest absolute Gasteiger partial charge is 0.406 e. The Morgan fingerprint density at radius 3 is 2.44 bits per heavy atom. The number of halogens is 3. The number of hydrogen-bond acceptors (Lipinski definition) is 5. The SMILES string of the molecule is N#CCn1nnc2ccc(-c3ccc(OC(F)(F)F)cc3)cc2c1=O. The zero-order chi connectivity index (χ0) is 18.0. The number of benzene rings is 2.